The standard InChI is InChI=1S/C47H38/c1-4-6-7-18-33-47(42-26-17-16-25-41(42)46-40-24-15-14-19-35(40)29-32-43(46)47)39-30-27-38(28-31-39)45(37-22-12-9-13-23-37)44(34(3)5-2)36-20-10-8-11-21-36/h4-33,45H,1-2H2,3H3/b7-6-,33-18?,44-34-. The molecule has 0 N–H and O–H groups in total. The molecule has 0 heterocycles. The number of hydrogen-bond donors (Lipinski definition) is 0. The van der Waals surface area contributed by atoms with E-state index < -0.39 is 5.41 Å². The summed E-state index contributed by atoms with van der Waals surface area (Å²) in [6.45, 7) is 10.2. The van der Waals surface area contributed by atoms with Crippen LogP contribution in [0.2, 0.25) is 0 Å². The molecule has 0 saturated carbocycles. The smallest absolute Gasteiger partial charge is 0.0647 e. The maximum absolute atomic E-state index is 4.18. The van der Waals surface area contributed by atoms with Gasteiger partial charge in [0.25, 0.3) is 0 Å². The molecule has 0 spiro atoms. The molecule has 0 saturated heterocycles. The molecule has 1 aliphatic carbocycles. The van der Waals surface area contributed by atoms with Gasteiger partial charge in [0.05, 0.1) is 5.41 Å². The Labute approximate surface area is 279 Å². The molecule has 6 aromatic rings. The fourth-order valence-corrected chi connectivity index (χ4v) is 7.47. The van der Waals surface area contributed by atoms with E-state index in [1.165, 1.54) is 66.4 Å². The van der Waals surface area contributed by atoms with Gasteiger partial charge in [-0.05, 0) is 73.4 Å². The van der Waals surface area contributed by atoms with Crippen LogP contribution in [0.15, 0.2) is 201 Å². The highest BCUT2D eigenvalue weighted by atomic mass is 14.4. The predicted molar refractivity (Wildman–Crippen MR) is 202 cm³/mol. The minimum absolute atomic E-state index is 0.0414. The normalized spacial score (nSPS) is 16.5. The van der Waals surface area contributed by atoms with Crippen LogP contribution >= 0.6 is 0 Å². The van der Waals surface area contributed by atoms with Crippen molar-refractivity contribution in [3.63, 3.8) is 0 Å². The van der Waals surface area contributed by atoms with Crippen molar-refractivity contribution in [3.8, 4) is 11.1 Å². The van der Waals surface area contributed by atoms with E-state index in [-0.39, 0.29) is 5.92 Å². The maximum Gasteiger partial charge on any atom is 0.0647 e. The molecule has 6 aromatic carbocycles. The Kier molecular flexibility index (Phi) is 8.25. The van der Waals surface area contributed by atoms with Crippen molar-refractivity contribution < 1.29 is 0 Å². The average molecular weight is 603 g/mol. The van der Waals surface area contributed by atoms with Crippen molar-refractivity contribution in [2.24, 2.45) is 0 Å². The lowest BCUT2D eigenvalue weighted by Gasteiger charge is -2.31. The van der Waals surface area contributed by atoms with E-state index in [1.54, 1.807) is 0 Å². The second-order valence-electron chi connectivity index (χ2n) is 12.2. The quantitative estimate of drug-likeness (QED) is 0.144. The molecule has 0 bridgehead atoms. The molecule has 0 amide bonds. The van der Waals surface area contributed by atoms with E-state index in [4.69, 9.17) is 0 Å². The first-order valence-corrected chi connectivity index (χ1v) is 16.3. The molecule has 47 heavy (non-hydrogen) atoms. The Morgan fingerprint density at radius 1 is 0.596 bits per heavy atom. The highest BCUT2D eigenvalue weighted by Crippen LogP contribution is 2.55. The largest absolute Gasteiger partial charge is 0.0991 e. The minimum Gasteiger partial charge on any atom is -0.0991 e. The molecule has 0 radical (unpaired) electrons. The molecular formula is C47H38. The van der Waals surface area contributed by atoms with Gasteiger partial charge >= 0.3 is 0 Å². The van der Waals surface area contributed by atoms with Crippen molar-refractivity contribution in [1.29, 1.82) is 0 Å². The highest BCUT2D eigenvalue weighted by molar-refractivity contribution is 6.03. The zero-order chi connectivity index (χ0) is 32.2. The van der Waals surface area contributed by atoms with Gasteiger partial charge in [0, 0.05) is 5.92 Å². The van der Waals surface area contributed by atoms with Crippen LogP contribution in [0.5, 0.6) is 0 Å². The molecule has 2 unspecified atom stereocenters. The van der Waals surface area contributed by atoms with Gasteiger partial charge in [0.2, 0.25) is 0 Å². The lowest BCUT2D eigenvalue weighted by molar-refractivity contribution is 0.803. The van der Waals surface area contributed by atoms with Crippen LogP contribution in [0.25, 0.3) is 27.5 Å². The van der Waals surface area contributed by atoms with Gasteiger partial charge < -0.3 is 0 Å². The highest BCUT2D eigenvalue weighted by Gasteiger charge is 2.43. The molecule has 226 valence electrons. The van der Waals surface area contributed by atoms with Crippen LogP contribution in [0.3, 0.4) is 0 Å². The molecule has 0 aliphatic heterocycles. The van der Waals surface area contributed by atoms with Crippen molar-refractivity contribution >= 4 is 16.3 Å². The SMILES string of the molecule is C=C/C=C\C=CC1(c2ccc(C(/C(=C(/C)C=C)c3ccccc3)c3ccccc3)cc2)c2ccccc2-c2c1ccc1ccccc21. The van der Waals surface area contributed by atoms with Gasteiger partial charge in [-0.15, -0.1) is 0 Å². The summed E-state index contributed by atoms with van der Waals surface area (Å²) in [7, 11) is 0. The zero-order valence-corrected chi connectivity index (χ0v) is 26.8. The summed E-state index contributed by atoms with van der Waals surface area (Å²) in [5.74, 6) is 0.0414. The molecule has 1 aliphatic rings. The van der Waals surface area contributed by atoms with E-state index in [0.29, 0.717) is 0 Å². The molecule has 0 aromatic heterocycles. The van der Waals surface area contributed by atoms with Gasteiger partial charge in [-0.2, -0.15) is 0 Å². The Balaban J connectivity index is 1.46. The Morgan fingerprint density at radius 2 is 1.26 bits per heavy atom. The fourth-order valence-electron chi connectivity index (χ4n) is 7.47. The van der Waals surface area contributed by atoms with Crippen molar-refractivity contribution in [1.82, 2.24) is 0 Å². The summed E-state index contributed by atoms with van der Waals surface area (Å²) in [4.78, 5) is 0. The van der Waals surface area contributed by atoms with E-state index in [9.17, 15) is 0 Å². The lowest BCUT2D eigenvalue weighted by atomic mass is 9.71. The first kappa shape index (κ1) is 30.0. The number of rotatable bonds is 9. The van der Waals surface area contributed by atoms with Crippen LogP contribution in [0.4, 0.5) is 0 Å². The number of fused-ring (bicyclic) bond motifs is 5. The average Bonchev–Trinajstić information content (AvgIpc) is 3.43. The third-order valence-electron chi connectivity index (χ3n) is 9.62. The molecule has 7 rings (SSSR count). The first-order chi connectivity index (χ1) is 23.2. The Bertz CT molecular complexity index is 2160. The third kappa shape index (κ3) is 5.23. The molecular weight excluding hydrogens is 565 g/mol. The van der Waals surface area contributed by atoms with Crippen molar-refractivity contribution in [3.05, 3.63) is 234 Å². The monoisotopic (exact) mass is 602 g/mol. The topological polar surface area (TPSA) is 0 Å². The number of hydrogen-bond acceptors (Lipinski definition) is 0. The minimum atomic E-state index is -0.461. The molecule has 0 heteroatoms. The van der Waals surface area contributed by atoms with Crippen LogP contribution in [-0.4, -0.2) is 0 Å². The van der Waals surface area contributed by atoms with Crippen LogP contribution in [0.1, 0.15) is 46.2 Å². The van der Waals surface area contributed by atoms with E-state index in [2.05, 4.69) is 184 Å². The van der Waals surface area contributed by atoms with Gasteiger partial charge in [-0.3, -0.25) is 0 Å². The maximum atomic E-state index is 4.18. The summed E-state index contributed by atoms with van der Waals surface area (Å²) >= 11 is 0. The second-order valence-corrected chi connectivity index (χ2v) is 12.2. The van der Waals surface area contributed by atoms with Crippen LogP contribution in [-0.2, 0) is 5.41 Å². The second kappa shape index (κ2) is 12.9. The van der Waals surface area contributed by atoms with E-state index >= 15 is 0 Å². The zero-order valence-electron chi connectivity index (χ0n) is 26.8. The molecule has 2 atom stereocenters. The van der Waals surface area contributed by atoms with Crippen LogP contribution < -0.4 is 0 Å². The summed E-state index contributed by atoms with van der Waals surface area (Å²) in [6.07, 6.45) is 12.4. The summed E-state index contributed by atoms with van der Waals surface area (Å²) < 4.78 is 0. The summed E-state index contributed by atoms with van der Waals surface area (Å²) in [6, 6.07) is 53.2. The first-order valence-electron chi connectivity index (χ1n) is 16.3. The molecule has 0 nitrogen and oxygen atoms in total. The number of benzene rings is 6. The van der Waals surface area contributed by atoms with Gasteiger partial charge in [0.15, 0.2) is 0 Å². The molecule has 0 fully saturated rings. The van der Waals surface area contributed by atoms with Gasteiger partial charge in [-0.1, -0.05) is 195 Å². The van der Waals surface area contributed by atoms with E-state index in [0.717, 1.165) is 0 Å². The third-order valence-corrected chi connectivity index (χ3v) is 9.62. The van der Waals surface area contributed by atoms with Gasteiger partial charge in [0.1, 0.15) is 0 Å². The summed E-state index contributed by atoms with van der Waals surface area (Å²) in [5, 5.41) is 2.54. The van der Waals surface area contributed by atoms with Gasteiger partial charge in [-0.25, -0.2) is 0 Å². The Morgan fingerprint density at radius 3 is 2.00 bits per heavy atom. The van der Waals surface area contributed by atoms with Crippen molar-refractivity contribution in [2.75, 3.05) is 0 Å². The van der Waals surface area contributed by atoms with Crippen LogP contribution in [0, 0.1) is 0 Å². The Hall–Kier alpha value is -5.72. The fraction of sp³-hybridized carbons (Fsp3) is 0.0638. The lowest BCUT2D eigenvalue weighted by Crippen LogP contribution is -2.24. The summed E-state index contributed by atoms with van der Waals surface area (Å²) in [5.41, 5.74) is 12.2. The predicted octanol–water partition coefficient (Wildman–Crippen LogP) is 12.2. The van der Waals surface area contributed by atoms with E-state index in [1.807, 2.05) is 18.2 Å². The van der Waals surface area contributed by atoms with Crippen molar-refractivity contribution in [2.45, 2.75) is 18.3 Å². The number of allylic oxidation sites excluding steroid dienone is 8.